The van der Waals surface area contributed by atoms with Crippen LogP contribution in [0.3, 0.4) is 0 Å². The molecule has 0 fully saturated rings. The largest absolute Gasteiger partial charge is 0.497 e. The van der Waals surface area contributed by atoms with Gasteiger partial charge < -0.3 is 20.7 Å². The number of benzene rings is 2. The van der Waals surface area contributed by atoms with Crippen LogP contribution in [-0.2, 0) is 16.1 Å². The van der Waals surface area contributed by atoms with Crippen LogP contribution in [0.5, 0.6) is 5.75 Å². The van der Waals surface area contributed by atoms with Crippen molar-refractivity contribution in [2.45, 2.75) is 26.4 Å². The lowest BCUT2D eigenvalue weighted by Crippen LogP contribution is -2.47. The van der Waals surface area contributed by atoms with E-state index in [1.54, 1.807) is 32.2 Å². The monoisotopic (exact) mass is 383 g/mol. The van der Waals surface area contributed by atoms with Gasteiger partial charge in [0.05, 0.1) is 13.7 Å². The molecule has 2 rings (SSSR count). The van der Waals surface area contributed by atoms with Crippen LogP contribution in [-0.4, -0.2) is 37.4 Å². The van der Waals surface area contributed by atoms with E-state index in [0.717, 1.165) is 16.9 Å². The molecule has 2 aromatic carbocycles. The van der Waals surface area contributed by atoms with E-state index in [-0.39, 0.29) is 18.4 Å². The third-order valence-electron chi connectivity index (χ3n) is 4.09. The second kappa shape index (κ2) is 10.1. The molecule has 148 valence electrons. The minimum Gasteiger partial charge on any atom is -0.497 e. The van der Waals surface area contributed by atoms with Gasteiger partial charge in [-0.25, -0.2) is 0 Å². The van der Waals surface area contributed by atoms with Crippen LogP contribution in [0.4, 0.5) is 0 Å². The Bertz CT molecular complexity index is 834. The van der Waals surface area contributed by atoms with Crippen molar-refractivity contribution >= 4 is 17.7 Å². The van der Waals surface area contributed by atoms with Gasteiger partial charge in [-0.05, 0) is 43.7 Å². The molecule has 0 heterocycles. The summed E-state index contributed by atoms with van der Waals surface area (Å²) in [6.45, 7) is 3.63. The van der Waals surface area contributed by atoms with E-state index in [1.807, 2.05) is 37.3 Å². The molecule has 0 spiro atoms. The molecule has 0 saturated heterocycles. The zero-order valence-electron chi connectivity index (χ0n) is 16.2. The second-order valence-corrected chi connectivity index (χ2v) is 6.41. The maximum Gasteiger partial charge on any atom is 0.251 e. The van der Waals surface area contributed by atoms with Gasteiger partial charge in [0, 0.05) is 12.1 Å². The molecule has 0 bridgehead atoms. The van der Waals surface area contributed by atoms with Crippen molar-refractivity contribution < 1.29 is 19.1 Å². The van der Waals surface area contributed by atoms with Gasteiger partial charge in [0.25, 0.3) is 5.91 Å². The molecule has 2 aromatic rings. The highest BCUT2D eigenvalue weighted by Gasteiger charge is 2.17. The summed E-state index contributed by atoms with van der Waals surface area (Å²) in [6, 6.07) is 13.6. The number of hydrogen-bond acceptors (Lipinski definition) is 4. The standard InChI is InChI=1S/C21H25N3O4/c1-14-5-4-6-17(11-14)21(27)24-15(2)20(26)23-13-19(25)22-12-16-7-9-18(28-3)10-8-16/h4-11,15H,12-13H2,1-3H3,(H,22,25)(H,23,26)(H,24,27). The summed E-state index contributed by atoms with van der Waals surface area (Å²) < 4.78 is 5.08. The Morgan fingerprint density at radius 2 is 1.75 bits per heavy atom. The fourth-order valence-corrected chi connectivity index (χ4v) is 2.46. The molecular formula is C21H25N3O4. The second-order valence-electron chi connectivity index (χ2n) is 6.41. The predicted octanol–water partition coefficient (Wildman–Crippen LogP) is 1.55. The molecule has 0 radical (unpaired) electrons. The van der Waals surface area contributed by atoms with Crippen LogP contribution >= 0.6 is 0 Å². The minimum absolute atomic E-state index is 0.167. The highest BCUT2D eigenvalue weighted by atomic mass is 16.5. The molecule has 0 aliphatic heterocycles. The molecule has 0 aliphatic carbocycles. The smallest absolute Gasteiger partial charge is 0.251 e. The molecule has 1 unspecified atom stereocenters. The Morgan fingerprint density at radius 3 is 2.39 bits per heavy atom. The summed E-state index contributed by atoms with van der Waals surface area (Å²) in [6.07, 6.45) is 0. The number of ether oxygens (including phenoxy) is 1. The van der Waals surface area contributed by atoms with Gasteiger partial charge >= 0.3 is 0 Å². The highest BCUT2D eigenvalue weighted by Crippen LogP contribution is 2.10. The number of hydrogen-bond donors (Lipinski definition) is 3. The van der Waals surface area contributed by atoms with Gasteiger partial charge in [-0.15, -0.1) is 0 Å². The first-order chi connectivity index (χ1) is 13.4. The lowest BCUT2D eigenvalue weighted by Gasteiger charge is -2.14. The summed E-state index contributed by atoms with van der Waals surface area (Å²) >= 11 is 0. The Hall–Kier alpha value is -3.35. The van der Waals surface area contributed by atoms with Crippen LogP contribution in [0.25, 0.3) is 0 Å². The van der Waals surface area contributed by atoms with Gasteiger partial charge in [-0.1, -0.05) is 29.8 Å². The van der Waals surface area contributed by atoms with Crippen molar-refractivity contribution in [1.82, 2.24) is 16.0 Å². The Kier molecular flexibility index (Phi) is 7.56. The molecule has 0 saturated carbocycles. The predicted molar refractivity (Wildman–Crippen MR) is 106 cm³/mol. The van der Waals surface area contributed by atoms with E-state index < -0.39 is 11.9 Å². The van der Waals surface area contributed by atoms with Crippen LogP contribution in [0.15, 0.2) is 48.5 Å². The van der Waals surface area contributed by atoms with Crippen LogP contribution in [0, 0.1) is 6.92 Å². The fourth-order valence-electron chi connectivity index (χ4n) is 2.46. The third kappa shape index (κ3) is 6.42. The number of aryl methyl sites for hydroxylation is 1. The third-order valence-corrected chi connectivity index (χ3v) is 4.09. The Morgan fingerprint density at radius 1 is 1.04 bits per heavy atom. The van der Waals surface area contributed by atoms with Crippen molar-refractivity contribution in [1.29, 1.82) is 0 Å². The zero-order chi connectivity index (χ0) is 20.5. The van der Waals surface area contributed by atoms with Gasteiger partial charge in [0.2, 0.25) is 11.8 Å². The number of carbonyl (C=O) groups excluding carboxylic acids is 3. The van der Waals surface area contributed by atoms with E-state index in [2.05, 4.69) is 16.0 Å². The first kappa shape index (κ1) is 21.0. The summed E-state index contributed by atoms with van der Waals surface area (Å²) in [5.41, 5.74) is 2.36. The van der Waals surface area contributed by atoms with E-state index >= 15 is 0 Å². The van der Waals surface area contributed by atoms with Gasteiger partial charge in [0.15, 0.2) is 0 Å². The molecule has 3 N–H and O–H groups in total. The first-order valence-corrected chi connectivity index (χ1v) is 8.94. The molecule has 7 heteroatoms. The summed E-state index contributed by atoms with van der Waals surface area (Å²) in [7, 11) is 1.59. The SMILES string of the molecule is COc1ccc(CNC(=O)CNC(=O)C(C)NC(=O)c2cccc(C)c2)cc1. The van der Waals surface area contributed by atoms with E-state index in [1.165, 1.54) is 0 Å². The zero-order valence-corrected chi connectivity index (χ0v) is 16.2. The molecular weight excluding hydrogens is 358 g/mol. The lowest BCUT2D eigenvalue weighted by molar-refractivity contribution is -0.127. The molecule has 0 aromatic heterocycles. The average molecular weight is 383 g/mol. The Labute approximate surface area is 164 Å². The van der Waals surface area contributed by atoms with Crippen molar-refractivity contribution in [2.24, 2.45) is 0 Å². The number of nitrogens with one attached hydrogen (secondary N) is 3. The van der Waals surface area contributed by atoms with Gasteiger partial charge in [-0.2, -0.15) is 0 Å². The molecule has 1 atom stereocenters. The molecule has 3 amide bonds. The van der Waals surface area contributed by atoms with Gasteiger partial charge in [0.1, 0.15) is 11.8 Å². The lowest BCUT2D eigenvalue weighted by atomic mass is 10.1. The summed E-state index contributed by atoms with van der Waals surface area (Å²) in [5.74, 6) is -0.346. The minimum atomic E-state index is -0.762. The Balaban J connectivity index is 1.74. The van der Waals surface area contributed by atoms with E-state index in [9.17, 15) is 14.4 Å². The van der Waals surface area contributed by atoms with Gasteiger partial charge in [-0.3, -0.25) is 14.4 Å². The van der Waals surface area contributed by atoms with Crippen LogP contribution in [0.1, 0.15) is 28.4 Å². The normalized spacial score (nSPS) is 11.2. The molecule has 28 heavy (non-hydrogen) atoms. The van der Waals surface area contributed by atoms with Crippen molar-refractivity contribution in [3.05, 3.63) is 65.2 Å². The van der Waals surface area contributed by atoms with E-state index in [4.69, 9.17) is 4.74 Å². The summed E-state index contributed by atoms with van der Waals surface area (Å²) in [4.78, 5) is 36.2. The fraction of sp³-hybridized carbons (Fsp3) is 0.286. The number of carbonyl (C=O) groups is 3. The number of amides is 3. The van der Waals surface area contributed by atoms with Crippen molar-refractivity contribution in [3.63, 3.8) is 0 Å². The summed E-state index contributed by atoms with van der Waals surface area (Å²) in [5, 5.41) is 7.86. The maximum absolute atomic E-state index is 12.2. The quantitative estimate of drug-likeness (QED) is 0.644. The van der Waals surface area contributed by atoms with E-state index in [0.29, 0.717) is 12.1 Å². The molecule has 7 nitrogen and oxygen atoms in total. The average Bonchev–Trinajstić information content (AvgIpc) is 2.70. The molecule has 0 aliphatic rings. The topological polar surface area (TPSA) is 96.5 Å². The van der Waals surface area contributed by atoms with Crippen LogP contribution < -0.4 is 20.7 Å². The van der Waals surface area contributed by atoms with Crippen molar-refractivity contribution in [2.75, 3.05) is 13.7 Å². The number of methoxy groups -OCH3 is 1. The maximum atomic E-state index is 12.2. The van der Waals surface area contributed by atoms with Crippen LogP contribution in [0.2, 0.25) is 0 Å². The highest BCUT2D eigenvalue weighted by molar-refractivity contribution is 5.98. The first-order valence-electron chi connectivity index (χ1n) is 8.94. The van der Waals surface area contributed by atoms with Crippen molar-refractivity contribution in [3.8, 4) is 5.75 Å². The number of rotatable bonds is 8.